The number of nitrogens with zero attached hydrogens (tertiary/aromatic N) is 2. The van der Waals surface area contributed by atoms with Crippen LogP contribution in [-0.2, 0) is 21.5 Å². The lowest BCUT2D eigenvalue weighted by Gasteiger charge is -2.23. The maximum absolute atomic E-state index is 12.7. The van der Waals surface area contributed by atoms with Gasteiger partial charge in [-0.1, -0.05) is 48.0 Å². The van der Waals surface area contributed by atoms with Crippen LogP contribution in [0.15, 0.2) is 64.7 Å². The Labute approximate surface area is 163 Å². The number of carbonyl (C=O) groups excluding carboxylic acids is 1. The van der Waals surface area contributed by atoms with E-state index in [0.717, 1.165) is 15.4 Å². The first kappa shape index (κ1) is 19.1. The molecule has 27 heavy (non-hydrogen) atoms. The number of anilines is 1. The monoisotopic (exact) mass is 403 g/mol. The van der Waals surface area contributed by atoms with E-state index >= 15 is 0 Å². The van der Waals surface area contributed by atoms with Crippen molar-refractivity contribution in [3.05, 3.63) is 76.5 Å². The van der Waals surface area contributed by atoms with Gasteiger partial charge in [-0.25, -0.2) is 0 Å². The number of rotatable bonds is 4. The minimum Gasteiger partial charge on any atom is -0.322 e. The van der Waals surface area contributed by atoms with Crippen LogP contribution in [0.1, 0.15) is 18.1 Å². The Bertz CT molecular complexity index is 1050. The normalized spacial score (nSPS) is 15.7. The summed E-state index contributed by atoms with van der Waals surface area (Å²) in [5.41, 5.74) is 2.52. The fraction of sp³-hybridized carbons (Fsp3) is 0.158. The SMILES string of the molecule is CC1=NS(=O)(=O)N(Cc2ccccc2)C=C1C(=O)Nc1ccc(C)c(Cl)c1. The number of benzene rings is 2. The largest absolute Gasteiger partial charge is 0.344 e. The van der Waals surface area contributed by atoms with Gasteiger partial charge < -0.3 is 5.32 Å². The van der Waals surface area contributed by atoms with Crippen LogP contribution in [-0.4, -0.2) is 24.3 Å². The van der Waals surface area contributed by atoms with Gasteiger partial charge in [-0.05, 0) is 37.1 Å². The number of nitrogens with one attached hydrogen (secondary N) is 1. The van der Waals surface area contributed by atoms with Gasteiger partial charge >= 0.3 is 10.2 Å². The first-order valence-corrected chi connectivity index (χ1v) is 9.96. The predicted molar refractivity (Wildman–Crippen MR) is 107 cm³/mol. The van der Waals surface area contributed by atoms with Gasteiger partial charge in [-0.3, -0.25) is 9.10 Å². The van der Waals surface area contributed by atoms with Crippen LogP contribution >= 0.6 is 11.6 Å². The number of amides is 1. The van der Waals surface area contributed by atoms with Crippen LogP contribution in [0.4, 0.5) is 5.69 Å². The van der Waals surface area contributed by atoms with Gasteiger partial charge in [0.15, 0.2) is 0 Å². The Morgan fingerprint density at radius 2 is 1.85 bits per heavy atom. The molecule has 0 radical (unpaired) electrons. The summed E-state index contributed by atoms with van der Waals surface area (Å²) in [7, 11) is -3.88. The molecule has 1 aliphatic rings. The first-order valence-electron chi connectivity index (χ1n) is 8.18. The van der Waals surface area contributed by atoms with Crippen LogP contribution in [0.5, 0.6) is 0 Å². The third-order valence-corrected chi connectivity index (χ3v) is 5.81. The molecule has 1 N–H and O–H groups in total. The quantitative estimate of drug-likeness (QED) is 0.845. The average molecular weight is 404 g/mol. The molecule has 0 saturated carbocycles. The van der Waals surface area contributed by atoms with Gasteiger partial charge in [0.25, 0.3) is 5.91 Å². The Hall–Kier alpha value is -2.64. The number of hydrogen-bond acceptors (Lipinski definition) is 3. The minimum absolute atomic E-state index is 0.0904. The molecule has 8 heteroatoms. The van der Waals surface area contributed by atoms with E-state index in [1.54, 1.807) is 18.2 Å². The van der Waals surface area contributed by atoms with E-state index in [1.807, 2.05) is 37.3 Å². The van der Waals surface area contributed by atoms with Crippen molar-refractivity contribution in [1.82, 2.24) is 4.31 Å². The molecule has 6 nitrogen and oxygen atoms in total. The van der Waals surface area contributed by atoms with Crippen molar-refractivity contribution in [3.8, 4) is 0 Å². The van der Waals surface area contributed by atoms with E-state index in [-0.39, 0.29) is 17.8 Å². The molecule has 3 rings (SSSR count). The maximum Gasteiger partial charge on any atom is 0.344 e. The summed E-state index contributed by atoms with van der Waals surface area (Å²) in [6.07, 6.45) is 1.32. The third-order valence-electron chi connectivity index (χ3n) is 4.07. The highest BCUT2D eigenvalue weighted by Crippen LogP contribution is 2.23. The highest BCUT2D eigenvalue weighted by molar-refractivity contribution is 7.88. The molecular weight excluding hydrogens is 386 g/mol. The minimum atomic E-state index is -3.88. The van der Waals surface area contributed by atoms with Crippen molar-refractivity contribution in [2.24, 2.45) is 4.40 Å². The van der Waals surface area contributed by atoms with Crippen LogP contribution < -0.4 is 5.32 Å². The Morgan fingerprint density at radius 1 is 1.15 bits per heavy atom. The van der Waals surface area contributed by atoms with Crippen molar-refractivity contribution >= 4 is 39.1 Å². The lowest BCUT2D eigenvalue weighted by Crippen LogP contribution is -2.32. The zero-order chi connectivity index (χ0) is 19.6. The van der Waals surface area contributed by atoms with Crippen molar-refractivity contribution in [2.75, 3.05) is 5.32 Å². The molecule has 0 spiro atoms. The highest BCUT2D eigenvalue weighted by atomic mass is 35.5. The number of halogens is 1. The van der Waals surface area contributed by atoms with Gasteiger partial charge in [0, 0.05) is 16.9 Å². The fourth-order valence-electron chi connectivity index (χ4n) is 2.56. The van der Waals surface area contributed by atoms with Gasteiger partial charge in [0.05, 0.1) is 17.8 Å². The lowest BCUT2D eigenvalue weighted by atomic mass is 10.1. The van der Waals surface area contributed by atoms with E-state index in [1.165, 1.54) is 13.1 Å². The van der Waals surface area contributed by atoms with Crippen LogP contribution in [0.2, 0.25) is 5.02 Å². The van der Waals surface area contributed by atoms with E-state index in [9.17, 15) is 13.2 Å². The molecule has 0 unspecified atom stereocenters. The van der Waals surface area contributed by atoms with Crippen LogP contribution in [0, 0.1) is 6.92 Å². The first-order chi connectivity index (χ1) is 12.8. The molecule has 1 heterocycles. The van der Waals surface area contributed by atoms with Crippen LogP contribution in [0.3, 0.4) is 0 Å². The molecule has 140 valence electrons. The second-order valence-electron chi connectivity index (χ2n) is 6.15. The second kappa shape index (κ2) is 7.54. The van der Waals surface area contributed by atoms with Crippen molar-refractivity contribution in [3.63, 3.8) is 0 Å². The molecule has 0 saturated heterocycles. The zero-order valence-corrected chi connectivity index (χ0v) is 16.4. The van der Waals surface area contributed by atoms with E-state index in [0.29, 0.717) is 10.7 Å². The summed E-state index contributed by atoms with van der Waals surface area (Å²) in [5, 5.41) is 3.26. The molecular formula is C19H18ClN3O3S. The zero-order valence-electron chi connectivity index (χ0n) is 14.8. The molecule has 0 atom stereocenters. The number of carbonyl (C=O) groups is 1. The molecule has 2 aromatic carbocycles. The molecule has 1 amide bonds. The molecule has 1 aliphatic heterocycles. The maximum atomic E-state index is 12.7. The topological polar surface area (TPSA) is 78.8 Å². The van der Waals surface area contributed by atoms with Gasteiger partial charge in [-0.2, -0.15) is 8.42 Å². The summed E-state index contributed by atoms with van der Waals surface area (Å²) in [6, 6.07) is 14.3. The molecule has 0 bridgehead atoms. The van der Waals surface area contributed by atoms with E-state index in [4.69, 9.17) is 11.6 Å². The van der Waals surface area contributed by atoms with Crippen molar-refractivity contribution in [2.45, 2.75) is 20.4 Å². The smallest absolute Gasteiger partial charge is 0.322 e. The molecule has 0 aromatic heterocycles. The Kier molecular flexibility index (Phi) is 5.34. The second-order valence-corrected chi connectivity index (χ2v) is 8.10. The van der Waals surface area contributed by atoms with E-state index < -0.39 is 16.1 Å². The fourth-order valence-corrected chi connectivity index (χ4v) is 3.84. The summed E-state index contributed by atoms with van der Waals surface area (Å²) < 4.78 is 29.5. The van der Waals surface area contributed by atoms with Gasteiger partial charge in [0.1, 0.15) is 0 Å². The summed E-state index contributed by atoms with van der Waals surface area (Å²) in [4.78, 5) is 12.7. The van der Waals surface area contributed by atoms with Gasteiger partial charge in [-0.15, -0.1) is 4.40 Å². The summed E-state index contributed by atoms with van der Waals surface area (Å²) >= 11 is 6.09. The standard InChI is InChI=1S/C19H18ClN3O3S/c1-13-8-9-16(10-18(13)20)21-19(24)17-12-23(27(25,26)22-14(17)2)11-15-6-4-3-5-7-15/h3-10,12H,11H2,1-2H3,(H,21,24). The third kappa shape index (κ3) is 4.37. The van der Waals surface area contributed by atoms with Crippen LogP contribution in [0.25, 0.3) is 0 Å². The Morgan fingerprint density at radius 3 is 2.52 bits per heavy atom. The predicted octanol–water partition coefficient (Wildman–Crippen LogP) is 3.69. The molecule has 0 aliphatic carbocycles. The van der Waals surface area contributed by atoms with Crippen molar-refractivity contribution < 1.29 is 13.2 Å². The number of hydrogen-bond donors (Lipinski definition) is 1. The molecule has 0 fully saturated rings. The average Bonchev–Trinajstić information content (AvgIpc) is 2.61. The number of aryl methyl sites for hydroxylation is 1. The highest BCUT2D eigenvalue weighted by Gasteiger charge is 2.28. The summed E-state index contributed by atoms with van der Waals surface area (Å²) in [6.45, 7) is 3.44. The summed E-state index contributed by atoms with van der Waals surface area (Å²) in [5.74, 6) is -0.455. The molecule has 2 aromatic rings. The van der Waals surface area contributed by atoms with Crippen molar-refractivity contribution in [1.29, 1.82) is 0 Å². The lowest BCUT2D eigenvalue weighted by molar-refractivity contribution is -0.112. The van der Waals surface area contributed by atoms with E-state index in [2.05, 4.69) is 9.71 Å². The van der Waals surface area contributed by atoms with Gasteiger partial charge in [0.2, 0.25) is 0 Å². The Balaban J connectivity index is 1.87.